The fraction of sp³-hybridized carbons (Fsp3) is 0.438. The van der Waals surface area contributed by atoms with Gasteiger partial charge in [0.1, 0.15) is 12.4 Å². The molecule has 1 aliphatic rings. The van der Waals surface area contributed by atoms with Crippen molar-refractivity contribution in [1.82, 2.24) is 15.1 Å². The average molecular weight is 327 g/mol. The van der Waals surface area contributed by atoms with Gasteiger partial charge in [-0.1, -0.05) is 12.1 Å². The van der Waals surface area contributed by atoms with Crippen molar-refractivity contribution < 1.29 is 17.6 Å². The number of rotatable bonds is 4. The molecule has 0 aliphatic heterocycles. The number of halogens is 4. The molecule has 0 fully saturated rings. The van der Waals surface area contributed by atoms with E-state index in [2.05, 4.69) is 10.4 Å². The van der Waals surface area contributed by atoms with Gasteiger partial charge in [-0.25, -0.2) is 4.39 Å². The summed E-state index contributed by atoms with van der Waals surface area (Å²) in [5.74, 6) is -0.303. The van der Waals surface area contributed by atoms with Crippen LogP contribution < -0.4 is 5.32 Å². The van der Waals surface area contributed by atoms with Crippen molar-refractivity contribution in [3.05, 3.63) is 53.1 Å². The van der Waals surface area contributed by atoms with Crippen LogP contribution in [0.5, 0.6) is 0 Å². The minimum absolute atomic E-state index is 0.100. The molecule has 3 nitrogen and oxygen atoms in total. The van der Waals surface area contributed by atoms with Gasteiger partial charge in [0.05, 0.1) is 11.7 Å². The second kappa shape index (κ2) is 6.31. The van der Waals surface area contributed by atoms with Gasteiger partial charge in [-0.05, 0) is 42.5 Å². The third-order valence-electron chi connectivity index (χ3n) is 3.92. The SMILES string of the molecule is Fc1cccc(CNC2CCCc3cn(CC(F)(F)F)nc32)c1. The van der Waals surface area contributed by atoms with Crippen molar-refractivity contribution in [3.63, 3.8) is 0 Å². The van der Waals surface area contributed by atoms with Crippen LogP contribution in [0.4, 0.5) is 17.6 Å². The molecule has 0 saturated carbocycles. The fourth-order valence-electron chi connectivity index (χ4n) is 2.95. The van der Waals surface area contributed by atoms with E-state index >= 15 is 0 Å². The molecular formula is C16H17F4N3. The monoisotopic (exact) mass is 327 g/mol. The van der Waals surface area contributed by atoms with E-state index in [9.17, 15) is 17.6 Å². The Balaban J connectivity index is 1.71. The maximum absolute atomic E-state index is 13.2. The molecule has 0 spiro atoms. The van der Waals surface area contributed by atoms with E-state index in [1.54, 1.807) is 6.07 Å². The predicted octanol–water partition coefficient (Wildman–Crippen LogP) is 3.75. The van der Waals surface area contributed by atoms with Gasteiger partial charge in [0.15, 0.2) is 0 Å². The third-order valence-corrected chi connectivity index (χ3v) is 3.92. The van der Waals surface area contributed by atoms with Crippen molar-refractivity contribution >= 4 is 0 Å². The number of benzene rings is 1. The summed E-state index contributed by atoms with van der Waals surface area (Å²) >= 11 is 0. The van der Waals surface area contributed by atoms with E-state index in [0.717, 1.165) is 35.1 Å². The summed E-state index contributed by atoms with van der Waals surface area (Å²) in [7, 11) is 0. The fourth-order valence-corrected chi connectivity index (χ4v) is 2.95. The van der Waals surface area contributed by atoms with Crippen molar-refractivity contribution in [2.45, 2.75) is 44.6 Å². The molecule has 7 heteroatoms. The molecule has 23 heavy (non-hydrogen) atoms. The van der Waals surface area contributed by atoms with Gasteiger partial charge in [-0.3, -0.25) is 4.68 Å². The van der Waals surface area contributed by atoms with Gasteiger partial charge in [0.25, 0.3) is 0 Å². The summed E-state index contributed by atoms with van der Waals surface area (Å²) in [6.07, 6.45) is -0.347. The van der Waals surface area contributed by atoms with Gasteiger partial charge in [-0.2, -0.15) is 18.3 Å². The van der Waals surface area contributed by atoms with Crippen LogP contribution in [0, 0.1) is 5.82 Å². The van der Waals surface area contributed by atoms with E-state index in [1.165, 1.54) is 18.3 Å². The van der Waals surface area contributed by atoms with Crippen LogP contribution in [0.2, 0.25) is 0 Å². The van der Waals surface area contributed by atoms with E-state index in [4.69, 9.17) is 0 Å². The minimum atomic E-state index is -4.28. The second-order valence-corrected chi connectivity index (χ2v) is 5.81. The zero-order chi connectivity index (χ0) is 16.4. The van der Waals surface area contributed by atoms with Crippen molar-refractivity contribution in [2.24, 2.45) is 0 Å². The Bertz CT molecular complexity index is 678. The van der Waals surface area contributed by atoms with Crippen LogP contribution in [0.1, 0.15) is 35.7 Å². The first-order valence-electron chi connectivity index (χ1n) is 7.51. The third kappa shape index (κ3) is 4.10. The van der Waals surface area contributed by atoms with Crippen LogP contribution in [-0.2, 0) is 19.5 Å². The Hall–Kier alpha value is -1.89. The smallest absolute Gasteiger partial charge is 0.304 e. The van der Waals surface area contributed by atoms with Gasteiger partial charge in [0, 0.05) is 12.7 Å². The predicted molar refractivity (Wildman–Crippen MR) is 77.2 cm³/mol. The second-order valence-electron chi connectivity index (χ2n) is 5.81. The highest BCUT2D eigenvalue weighted by molar-refractivity contribution is 5.24. The Morgan fingerprint density at radius 3 is 2.87 bits per heavy atom. The molecule has 1 aliphatic carbocycles. The summed E-state index contributed by atoms with van der Waals surface area (Å²) in [4.78, 5) is 0. The van der Waals surface area contributed by atoms with Crippen LogP contribution in [0.3, 0.4) is 0 Å². The Morgan fingerprint density at radius 2 is 2.13 bits per heavy atom. The summed E-state index contributed by atoms with van der Waals surface area (Å²) in [6, 6.07) is 6.16. The van der Waals surface area contributed by atoms with Crippen LogP contribution in [0.25, 0.3) is 0 Å². The zero-order valence-corrected chi connectivity index (χ0v) is 12.4. The molecule has 1 unspecified atom stereocenters. The van der Waals surface area contributed by atoms with Crippen LogP contribution >= 0.6 is 0 Å². The summed E-state index contributed by atoms with van der Waals surface area (Å²) in [5.41, 5.74) is 2.33. The maximum Gasteiger partial charge on any atom is 0.408 e. The van der Waals surface area contributed by atoms with Crippen molar-refractivity contribution in [3.8, 4) is 0 Å². The lowest BCUT2D eigenvalue weighted by molar-refractivity contribution is -0.142. The van der Waals surface area contributed by atoms with E-state index in [-0.39, 0.29) is 11.9 Å². The van der Waals surface area contributed by atoms with E-state index in [1.807, 2.05) is 6.07 Å². The molecule has 0 bridgehead atoms. The molecule has 2 aromatic rings. The molecule has 0 radical (unpaired) electrons. The van der Waals surface area contributed by atoms with Gasteiger partial charge in [0.2, 0.25) is 0 Å². The zero-order valence-electron chi connectivity index (χ0n) is 12.4. The topological polar surface area (TPSA) is 29.9 Å². The van der Waals surface area contributed by atoms with Crippen molar-refractivity contribution in [1.29, 1.82) is 0 Å². The van der Waals surface area contributed by atoms with Crippen LogP contribution in [0.15, 0.2) is 30.5 Å². The lowest BCUT2D eigenvalue weighted by Gasteiger charge is -2.22. The van der Waals surface area contributed by atoms with Crippen molar-refractivity contribution in [2.75, 3.05) is 0 Å². The Morgan fingerprint density at radius 1 is 1.30 bits per heavy atom. The Kier molecular flexibility index (Phi) is 4.39. The maximum atomic E-state index is 13.2. The first-order chi connectivity index (χ1) is 10.9. The largest absolute Gasteiger partial charge is 0.408 e. The molecule has 1 heterocycles. The number of nitrogens with one attached hydrogen (secondary N) is 1. The van der Waals surface area contributed by atoms with Gasteiger partial charge in [-0.15, -0.1) is 0 Å². The molecule has 1 atom stereocenters. The molecule has 124 valence electrons. The molecular weight excluding hydrogens is 310 g/mol. The number of nitrogens with zero attached hydrogens (tertiary/aromatic N) is 2. The summed E-state index contributed by atoms with van der Waals surface area (Å²) < 4.78 is 51.6. The lowest BCUT2D eigenvalue weighted by Crippen LogP contribution is -2.25. The first kappa shape index (κ1) is 16.0. The number of aryl methyl sites for hydroxylation is 1. The first-order valence-corrected chi connectivity index (χ1v) is 7.51. The molecule has 0 saturated heterocycles. The quantitative estimate of drug-likeness (QED) is 0.867. The molecule has 1 aromatic carbocycles. The number of aromatic nitrogens is 2. The number of hydrogen-bond donors (Lipinski definition) is 1. The highest BCUT2D eigenvalue weighted by atomic mass is 19.4. The number of alkyl halides is 3. The molecule has 0 amide bonds. The highest BCUT2D eigenvalue weighted by Gasteiger charge is 2.30. The number of hydrogen-bond acceptors (Lipinski definition) is 2. The molecule has 3 rings (SSSR count). The van der Waals surface area contributed by atoms with E-state index in [0.29, 0.717) is 12.2 Å². The van der Waals surface area contributed by atoms with Crippen LogP contribution in [-0.4, -0.2) is 16.0 Å². The summed E-state index contributed by atoms with van der Waals surface area (Å²) in [5, 5.41) is 7.38. The molecule has 1 aromatic heterocycles. The average Bonchev–Trinajstić information content (AvgIpc) is 2.85. The minimum Gasteiger partial charge on any atom is -0.304 e. The van der Waals surface area contributed by atoms with E-state index < -0.39 is 12.7 Å². The highest BCUT2D eigenvalue weighted by Crippen LogP contribution is 2.29. The standard InChI is InChI=1S/C16H17F4N3/c17-13-5-1-3-11(7-13)8-21-14-6-2-4-12-9-23(22-15(12)14)10-16(18,19)20/h1,3,5,7,9,14,21H,2,4,6,8,10H2. The molecule has 1 N–H and O–H groups in total. The van der Waals surface area contributed by atoms with Gasteiger partial charge < -0.3 is 5.32 Å². The lowest BCUT2D eigenvalue weighted by atomic mass is 9.93. The van der Waals surface area contributed by atoms with Gasteiger partial charge >= 0.3 is 6.18 Å². The summed E-state index contributed by atoms with van der Waals surface area (Å²) in [6.45, 7) is -0.620. The Labute approximate surface area is 131 Å². The number of fused-ring (bicyclic) bond motifs is 1. The normalized spacial score (nSPS) is 18.0.